The normalized spacial score (nSPS) is 12.0. The van der Waals surface area contributed by atoms with Gasteiger partial charge in [0, 0.05) is 19.3 Å². The largest absolute Gasteiger partial charge is 0.462 e. The Bertz CT molecular complexity index is 978. The molecule has 0 aromatic heterocycles. The minimum absolute atomic E-state index is 0.0667. The van der Waals surface area contributed by atoms with E-state index in [4.69, 9.17) is 14.2 Å². The van der Waals surface area contributed by atoms with Crippen LogP contribution in [-0.4, -0.2) is 37.2 Å². The SMILES string of the molecule is CCCCC/C=C\CCCCCCCC(=O)OCC(COC(=O)CCCCCCCCCCCCCCCCCCCC)OC(=O)CCCCCCCCCCCCCCCCC. The molecule has 0 N–H and O–H groups in total. The number of carbonyl (C=O) groups excluding carboxylic acids is 3. The molecule has 0 spiro atoms. The zero-order valence-electron chi connectivity index (χ0n) is 42.6. The summed E-state index contributed by atoms with van der Waals surface area (Å²) < 4.78 is 16.8. The first-order valence-electron chi connectivity index (χ1n) is 28.2. The van der Waals surface area contributed by atoms with Gasteiger partial charge in [-0.25, -0.2) is 0 Å². The summed E-state index contributed by atoms with van der Waals surface area (Å²) in [6, 6.07) is 0. The van der Waals surface area contributed by atoms with Crippen LogP contribution in [0.4, 0.5) is 0 Å². The van der Waals surface area contributed by atoms with Crippen molar-refractivity contribution in [2.24, 2.45) is 0 Å². The number of esters is 3. The second kappa shape index (κ2) is 52.8. The zero-order valence-corrected chi connectivity index (χ0v) is 42.6. The second-order valence-electron chi connectivity index (χ2n) is 19.2. The van der Waals surface area contributed by atoms with E-state index in [1.165, 1.54) is 212 Å². The van der Waals surface area contributed by atoms with E-state index in [0.29, 0.717) is 19.3 Å². The van der Waals surface area contributed by atoms with Gasteiger partial charge < -0.3 is 14.2 Å². The lowest BCUT2D eigenvalue weighted by Gasteiger charge is -2.18. The third kappa shape index (κ3) is 51.0. The highest BCUT2D eigenvalue weighted by Crippen LogP contribution is 2.17. The Labute approximate surface area is 392 Å². The summed E-state index contributed by atoms with van der Waals surface area (Å²) in [4.78, 5) is 38.1. The molecule has 0 bridgehead atoms. The Balaban J connectivity index is 4.29. The van der Waals surface area contributed by atoms with Crippen LogP contribution < -0.4 is 0 Å². The Kier molecular flexibility index (Phi) is 51.2. The summed E-state index contributed by atoms with van der Waals surface area (Å²) in [6.45, 7) is 6.66. The lowest BCUT2D eigenvalue weighted by Crippen LogP contribution is -2.30. The minimum atomic E-state index is -0.767. The highest BCUT2D eigenvalue weighted by atomic mass is 16.6. The molecule has 0 aromatic carbocycles. The van der Waals surface area contributed by atoms with E-state index in [0.717, 1.165) is 64.2 Å². The smallest absolute Gasteiger partial charge is 0.306 e. The van der Waals surface area contributed by atoms with Crippen molar-refractivity contribution in [1.82, 2.24) is 0 Å². The average molecular weight is 889 g/mol. The molecule has 0 aliphatic heterocycles. The fraction of sp³-hybridized carbons (Fsp3) is 0.912. The van der Waals surface area contributed by atoms with Crippen molar-refractivity contribution in [2.75, 3.05) is 13.2 Å². The molecule has 0 fully saturated rings. The van der Waals surface area contributed by atoms with Gasteiger partial charge in [-0.3, -0.25) is 14.4 Å². The van der Waals surface area contributed by atoms with Crippen LogP contribution in [0, 0.1) is 0 Å². The number of hydrogen-bond acceptors (Lipinski definition) is 6. The molecule has 1 atom stereocenters. The summed E-state index contributed by atoms with van der Waals surface area (Å²) in [6.07, 6.45) is 59.1. The van der Waals surface area contributed by atoms with Gasteiger partial charge in [0.1, 0.15) is 13.2 Å². The monoisotopic (exact) mass is 889 g/mol. The summed E-state index contributed by atoms with van der Waals surface area (Å²) in [5.74, 6) is -0.854. The number of allylic oxidation sites excluding steroid dienone is 2. The van der Waals surface area contributed by atoms with Crippen molar-refractivity contribution in [2.45, 2.75) is 322 Å². The van der Waals surface area contributed by atoms with E-state index in [1.54, 1.807) is 0 Å². The molecule has 0 radical (unpaired) electrons. The van der Waals surface area contributed by atoms with Gasteiger partial charge in [0.2, 0.25) is 0 Å². The van der Waals surface area contributed by atoms with Crippen LogP contribution >= 0.6 is 0 Å². The number of carbonyl (C=O) groups is 3. The molecule has 0 saturated carbocycles. The van der Waals surface area contributed by atoms with Crippen LogP contribution in [0.1, 0.15) is 316 Å². The fourth-order valence-electron chi connectivity index (χ4n) is 8.50. The summed E-state index contributed by atoms with van der Waals surface area (Å²) in [5, 5.41) is 0. The Morgan fingerprint density at radius 3 is 0.825 bits per heavy atom. The molecule has 0 amide bonds. The van der Waals surface area contributed by atoms with Crippen molar-refractivity contribution in [3.8, 4) is 0 Å². The molecule has 0 aliphatic carbocycles. The number of ether oxygens (including phenoxy) is 3. The quantitative estimate of drug-likeness (QED) is 0.0262. The topological polar surface area (TPSA) is 78.9 Å². The van der Waals surface area contributed by atoms with Gasteiger partial charge in [-0.15, -0.1) is 0 Å². The van der Waals surface area contributed by atoms with Crippen LogP contribution in [0.25, 0.3) is 0 Å². The Hall–Kier alpha value is -1.85. The van der Waals surface area contributed by atoms with Crippen LogP contribution in [0.3, 0.4) is 0 Å². The molecule has 0 saturated heterocycles. The minimum Gasteiger partial charge on any atom is -0.462 e. The summed E-state index contributed by atoms with van der Waals surface area (Å²) in [5.41, 5.74) is 0. The van der Waals surface area contributed by atoms with E-state index < -0.39 is 6.10 Å². The van der Waals surface area contributed by atoms with Gasteiger partial charge in [-0.2, -0.15) is 0 Å². The highest BCUT2D eigenvalue weighted by Gasteiger charge is 2.19. The molecule has 0 heterocycles. The number of unbranched alkanes of at least 4 members (excludes halogenated alkanes) is 39. The molecule has 0 aromatic rings. The zero-order chi connectivity index (χ0) is 45.8. The van der Waals surface area contributed by atoms with E-state index in [-0.39, 0.29) is 31.1 Å². The van der Waals surface area contributed by atoms with Crippen LogP contribution in [0.2, 0.25) is 0 Å². The van der Waals surface area contributed by atoms with E-state index >= 15 is 0 Å². The maximum absolute atomic E-state index is 12.8. The van der Waals surface area contributed by atoms with E-state index in [9.17, 15) is 14.4 Å². The van der Waals surface area contributed by atoms with Crippen LogP contribution in [0.5, 0.6) is 0 Å². The van der Waals surface area contributed by atoms with Crippen molar-refractivity contribution in [1.29, 1.82) is 0 Å². The number of hydrogen-bond donors (Lipinski definition) is 0. The lowest BCUT2D eigenvalue weighted by molar-refractivity contribution is -0.167. The Morgan fingerprint density at radius 1 is 0.302 bits per heavy atom. The molecule has 1 unspecified atom stereocenters. The fourth-order valence-corrected chi connectivity index (χ4v) is 8.50. The third-order valence-corrected chi connectivity index (χ3v) is 12.8. The lowest BCUT2D eigenvalue weighted by atomic mass is 10.0. The van der Waals surface area contributed by atoms with Crippen molar-refractivity contribution in [3.05, 3.63) is 12.2 Å². The van der Waals surface area contributed by atoms with Gasteiger partial charge in [0.25, 0.3) is 0 Å². The molecule has 6 heteroatoms. The van der Waals surface area contributed by atoms with Gasteiger partial charge in [0.05, 0.1) is 0 Å². The average Bonchev–Trinajstić information content (AvgIpc) is 3.28. The molecule has 372 valence electrons. The highest BCUT2D eigenvalue weighted by molar-refractivity contribution is 5.71. The van der Waals surface area contributed by atoms with E-state index in [1.807, 2.05) is 0 Å². The predicted octanol–water partition coefficient (Wildman–Crippen LogP) is 18.5. The van der Waals surface area contributed by atoms with Crippen molar-refractivity contribution in [3.63, 3.8) is 0 Å². The summed E-state index contributed by atoms with van der Waals surface area (Å²) in [7, 11) is 0. The second-order valence-corrected chi connectivity index (χ2v) is 19.2. The van der Waals surface area contributed by atoms with Gasteiger partial charge in [-0.05, 0) is 44.9 Å². The van der Waals surface area contributed by atoms with Crippen LogP contribution in [-0.2, 0) is 28.6 Å². The van der Waals surface area contributed by atoms with Crippen molar-refractivity contribution < 1.29 is 28.6 Å². The maximum atomic E-state index is 12.8. The first-order chi connectivity index (χ1) is 31.0. The summed E-state index contributed by atoms with van der Waals surface area (Å²) >= 11 is 0. The first-order valence-corrected chi connectivity index (χ1v) is 28.2. The molecular formula is C57H108O6. The van der Waals surface area contributed by atoms with Gasteiger partial charge in [0.15, 0.2) is 6.10 Å². The number of rotatable bonds is 52. The standard InChI is InChI=1S/C57H108O6/c1-4-7-10-13-16-19-22-25-27-28-29-31-32-35-38-41-44-47-50-56(59)62-53-54(52-61-55(58)49-46-43-40-37-34-24-21-18-15-12-9-6-3)63-57(60)51-48-45-42-39-36-33-30-26-23-20-17-14-11-8-5-2/h18,21,54H,4-17,19-20,22-53H2,1-3H3/b21-18-. The molecule has 0 rings (SSSR count). The molecule has 0 aliphatic rings. The first kappa shape index (κ1) is 61.1. The third-order valence-electron chi connectivity index (χ3n) is 12.8. The van der Waals surface area contributed by atoms with Crippen molar-refractivity contribution >= 4 is 17.9 Å². The van der Waals surface area contributed by atoms with Gasteiger partial charge >= 0.3 is 17.9 Å². The maximum Gasteiger partial charge on any atom is 0.306 e. The Morgan fingerprint density at radius 2 is 0.524 bits per heavy atom. The van der Waals surface area contributed by atoms with Gasteiger partial charge in [-0.1, -0.05) is 264 Å². The molecule has 6 nitrogen and oxygen atoms in total. The molecular weight excluding hydrogens is 781 g/mol. The predicted molar refractivity (Wildman–Crippen MR) is 270 cm³/mol. The molecule has 63 heavy (non-hydrogen) atoms. The van der Waals surface area contributed by atoms with E-state index in [2.05, 4.69) is 32.9 Å². The van der Waals surface area contributed by atoms with Crippen LogP contribution in [0.15, 0.2) is 12.2 Å².